The minimum atomic E-state index is 0.0773. The maximum Gasteiger partial charge on any atom is 0.184 e. The van der Waals surface area contributed by atoms with Gasteiger partial charge in [0.05, 0.1) is 11.4 Å². The van der Waals surface area contributed by atoms with Crippen LogP contribution in [0.25, 0.3) is 0 Å². The van der Waals surface area contributed by atoms with Crippen LogP contribution in [0, 0.1) is 6.92 Å². The van der Waals surface area contributed by atoms with Crippen LogP contribution in [0.3, 0.4) is 0 Å². The van der Waals surface area contributed by atoms with Crippen molar-refractivity contribution in [2.75, 3.05) is 13.6 Å². The van der Waals surface area contributed by atoms with E-state index in [-0.39, 0.29) is 12.3 Å². The predicted molar refractivity (Wildman–Crippen MR) is 79.6 cm³/mol. The molecule has 19 heavy (non-hydrogen) atoms. The number of carbonyl (C=O) groups is 1. The topological polar surface area (TPSA) is 41.8 Å². The molecule has 0 radical (unpaired) electrons. The Hall–Kier alpha value is -1.77. The molecule has 1 saturated carbocycles. The molecule has 1 aromatic rings. The highest BCUT2D eigenvalue weighted by molar-refractivity contribution is 6.43. The zero-order chi connectivity index (χ0) is 13.7. The van der Waals surface area contributed by atoms with Gasteiger partial charge in [0, 0.05) is 12.6 Å². The number of carbonyl (C=O) groups excluding carboxylic acids is 1. The van der Waals surface area contributed by atoms with Gasteiger partial charge in [0.1, 0.15) is 6.54 Å². The molecule has 1 aliphatic carbocycles. The first-order valence-electron chi connectivity index (χ1n) is 6.80. The number of hydrogen-bond donors (Lipinski definition) is 0. The highest BCUT2D eigenvalue weighted by atomic mass is 16.1. The van der Waals surface area contributed by atoms with Gasteiger partial charge in [-0.2, -0.15) is 0 Å². The van der Waals surface area contributed by atoms with Crippen LogP contribution in [0.1, 0.15) is 41.6 Å². The van der Waals surface area contributed by atoms with Crippen LogP contribution in [-0.2, 0) is 0 Å². The first-order chi connectivity index (χ1) is 9.20. The summed E-state index contributed by atoms with van der Waals surface area (Å²) in [6.07, 6.45) is 4.27. The standard InChI is InChI=1S/C16H20N2O/c1-12-7-9-13(10-8-12)16(19)11-18-15-6-4-3-5-14(15)17-2/h7-10H,3-6,11H2,1-2H3. The van der Waals surface area contributed by atoms with Crippen LogP contribution < -0.4 is 0 Å². The van der Waals surface area contributed by atoms with Crippen molar-refractivity contribution in [1.82, 2.24) is 0 Å². The van der Waals surface area contributed by atoms with Gasteiger partial charge in [-0.1, -0.05) is 29.8 Å². The van der Waals surface area contributed by atoms with Crippen LogP contribution in [0.5, 0.6) is 0 Å². The van der Waals surface area contributed by atoms with E-state index in [2.05, 4.69) is 9.98 Å². The van der Waals surface area contributed by atoms with E-state index < -0.39 is 0 Å². The number of ketones is 1. The average molecular weight is 256 g/mol. The third-order valence-electron chi connectivity index (χ3n) is 3.47. The Balaban J connectivity index is 2.04. The number of aryl methyl sites for hydroxylation is 1. The number of nitrogens with zero attached hydrogens (tertiary/aromatic N) is 2. The lowest BCUT2D eigenvalue weighted by molar-refractivity contribution is 0.100. The van der Waals surface area contributed by atoms with Gasteiger partial charge in [-0.05, 0) is 32.6 Å². The summed E-state index contributed by atoms with van der Waals surface area (Å²) in [5.74, 6) is 0.0773. The highest BCUT2D eigenvalue weighted by Gasteiger charge is 2.14. The van der Waals surface area contributed by atoms with Gasteiger partial charge in [0.25, 0.3) is 0 Å². The Morgan fingerprint density at radius 3 is 2.37 bits per heavy atom. The maximum absolute atomic E-state index is 12.0. The fourth-order valence-electron chi connectivity index (χ4n) is 2.28. The van der Waals surface area contributed by atoms with E-state index in [1.807, 2.05) is 31.2 Å². The Labute approximate surface area is 114 Å². The van der Waals surface area contributed by atoms with E-state index in [4.69, 9.17) is 0 Å². The molecule has 0 heterocycles. The Morgan fingerprint density at radius 1 is 1.11 bits per heavy atom. The Morgan fingerprint density at radius 2 is 1.74 bits per heavy atom. The number of aliphatic imine (C=N–C) groups is 2. The molecule has 0 bridgehead atoms. The van der Waals surface area contributed by atoms with Gasteiger partial charge in [-0.3, -0.25) is 14.8 Å². The summed E-state index contributed by atoms with van der Waals surface area (Å²) in [5, 5.41) is 0. The van der Waals surface area contributed by atoms with E-state index in [1.54, 1.807) is 7.05 Å². The lowest BCUT2D eigenvalue weighted by Gasteiger charge is -2.15. The monoisotopic (exact) mass is 256 g/mol. The van der Waals surface area contributed by atoms with Gasteiger partial charge < -0.3 is 0 Å². The van der Waals surface area contributed by atoms with Crippen LogP contribution in [-0.4, -0.2) is 30.8 Å². The molecule has 3 heteroatoms. The molecule has 0 atom stereocenters. The summed E-state index contributed by atoms with van der Waals surface area (Å²) in [4.78, 5) is 20.8. The summed E-state index contributed by atoms with van der Waals surface area (Å²) < 4.78 is 0. The lowest BCUT2D eigenvalue weighted by atomic mass is 9.96. The third-order valence-corrected chi connectivity index (χ3v) is 3.47. The third kappa shape index (κ3) is 3.60. The molecule has 0 amide bonds. The second-order valence-corrected chi connectivity index (χ2v) is 4.93. The predicted octanol–water partition coefficient (Wildman–Crippen LogP) is 3.26. The average Bonchev–Trinajstić information content (AvgIpc) is 2.45. The number of rotatable bonds is 3. The smallest absolute Gasteiger partial charge is 0.184 e. The first-order valence-corrected chi connectivity index (χ1v) is 6.80. The zero-order valence-electron chi connectivity index (χ0n) is 11.6. The van der Waals surface area contributed by atoms with Crippen molar-refractivity contribution in [3.05, 3.63) is 35.4 Å². The van der Waals surface area contributed by atoms with Crippen molar-refractivity contribution < 1.29 is 4.79 Å². The number of Topliss-reactive ketones (excluding diaryl/α,β-unsaturated/α-hetero) is 1. The van der Waals surface area contributed by atoms with Crippen molar-refractivity contribution in [2.45, 2.75) is 32.6 Å². The van der Waals surface area contributed by atoms with Crippen LogP contribution in [0.2, 0.25) is 0 Å². The second kappa shape index (κ2) is 6.41. The highest BCUT2D eigenvalue weighted by Crippen LogP contribution is 2.13. The summed E-state index contributed by atoms with van der Waals surface area (Å²) in [5.41, 5.74) is 3.99. The first kappa shape index (κ1) is 13.7. The molecule has 0 aromatic heterocycles. The molecule has 0 N–H and O–H groups in total. The van der Waals surface area contributed by atoms with Gasteiger partial charge in [-0.15, -0.1) is 0 Å². The molecule has 0 unspecified atom stereocenters. The molecule has 3 nitrogen and oxygen atoms in total. The molecule has 0 aliphatic heterocycles. The van der Waals surface area contributed by atoms with Crippen LogP contribution in [0.4, 0.5) is 0 Å². The second-order valence-electron chi connectivity index (χ2n) is 4.93. The van der Waals surface area contributed by atoms with E-state index in [1.165, 1.54) is 6.42 Å². The van der Waals surface area contributed by atoms with Gasteiger partial charge in [-0.25, -0.2) is 0 Å². The Kier molecular flexibility index (Phi) is 4.61. The molecule has 0 saturated heterocycles. The van der Waals surface area contributed by atoms with Crippen LogP contribution >= 0.6 is 0 Å². The van der Waals surface area contributed by atoms with Crippen molar-refractivity contribution in [3.8, 4) is 0 Å². The normalized spacial score (nSPS) is 19.9. The molecular weight excluding hydrogens is 236 g/mol. The Bertz CT molecular complexity index is 512. The molecule has 1 aromatic carbocycles. The number of hydrogen-bond acceptors (Lipinski definition) is 3. The zero-order valence-corrected chi connectivity index (χ0v) is 11.6. The van der Waals surface area contributed by atoms with Crippen molar-refractivity contribution in [3.63, 3.8) is 0 Å². The quantitative estimate of drug-likeness (QED) is 0.765. The molecule has 1 fully saturated rings. The SMILES string of the molecule is CN=C1CCCCC1=NCC(=O)c1ccc(C)cc1. The number of benzene rings is 1. The molecule has 100 valence electrons. The summed E-state index contributed by atoms with van der Waals surface area (Å²) >= 11 is 0. The summed E-state index contributed by atoms with van der Waals surface area (Å²) in [6.45, 7) is 2.25. The van der Waals surface area contributed by atoms with Crippen molar-refractivity contribution >= 4 is 17.2 Å². The summed E-state index contributed by atoms with van der Waals surface area (Å²) in [6, 6.07) is 7.65. The van der Waals surface area contributed by atoms with Gasteiger partial charge in [0.2, 0.25) is 0 Å². The van der Waals surface area contributed by atoms with E-state index >= 15 is 0 Å². The minimum absolute atomic E-state index is 0.0773. The molecule has 1 aliphatic rings. The molecular formula is C16H20N2O. The van der Waals surface area contributed by atoms with Crippen LogP contribution in [0.15, 0.2) is 34.3 Å². The van der Waals surface area contributed by atoms with Crippen molar-refractivity contribution in [2.24, 2.45) is 9.98 Å². The van der Waals surface area contributed by atoms with Gasteiger partial charge in [0.15, 0.2) is 5.78 Å². The largest absolute Gasteiger partial charge is 0.292 e. The van der Waals surface area contributed by atoms with Gasteiger partial charge >= 0.3 is 0 Å². The summed E-state index contributed by atoms with van der Waals surface area (Å²) in [7, 11) is 1.80. The fraction of sp³-hybridized carbons (Fsp3) is 0.438. The maximum atomic E-state index is 12.0. The van der Waals surface area contributed by atoms with E-state index in [9.17, 15) is 4.79 Å². The van der Waals surface area contributed by atoms with E-state index in [0.717, 1.165) is 41.8 Å². The van der Waals surface area contributed by atoms with Crippen molar-refractivity contribution in [1.29, 1.82) is 0 Å². The molecule has 0 spiro atoms. The lowest BCUT2D eigenvalue weighted by Crippen LogP contribution is -2.20. The molecule has 2 rings (SSSR count). The fourth-order valence-corrected chi connectivity index (χ4v) is 2.28. The van der Waals surface area contributed by atoms with E-state index in [0.29, 0.717) is 0 Å². The minimum Gasteiger partial charge on any atom is -0.292 e.